The minimum absolute atomic E-state index is 0.0197. The van der Waals surface area contributed by atoms with Crippen LogP contribution in [0.4, 0.5) is 5.69 Å². The first-order valence-electron chi connectivity index (χ1n) is 11.6. The Labute approximate surface area is 205 Å². The molecular formula is C27H21N5O4. The first kappa shape index (κ1) is 21.7. The van der Waals surface area contributed by atoms with Gasteiger partial charge in [0.05, 0.1) is 11.3 Å². The number of amides is 3. The number of rotatable bonds is 3. The zero-order valence-electron chi connectivity index (χ0n) is 19.1. The van der Waals surface area contributed by atoms with Gasteiger partial charge in [-0.25, -0.2) is 5.10 Å². The van der Waals surface area contributed by atoms with Crippen LogP contribution in [-0.4, -0.2) is 34.5 Å². The lowest BCUT2D eigenvalue weighted by atomic mass is 10.1. The molecule has 2 aliphatic rings. The average Bonchev–Trinajstić information content (AvgIpc) is 3.47. The van der Waals surface area contributed by atoms with Crippen LogP contribution in [0.3, 0.4) is 0 Å². The van der Waals surface area contributed by atoms with Gasteiger partial charge in [-0.15, -0.1) is 0 Å². The Morgan fingerprint density at radius 3 is 2.50 bits per heavy atom. The second-order valence-electron chi connectivity index (χ2n) is 8.97. The van der Waals surface area contributed by atoms with E-state index in [4.69, 9.17) is 0 Å². The van der Waals surface area contributed by atoms with E-state index < -0.39 is 23.3 Å². The summed E-state index contributed by atoms with van der Waals surface area (Å²) in [5.74, 6) is -1.91. The minimum Gasteiger partial charge on any atom is -0.312 e. The van der Waals surface area contributed by atoms with Crippen LogP contribution in [0.5, 0.6) is 0 Å². The summed E-state index contributed by atoms with van der Waals surface area (Å²) in [6.07, 6.45) is 0.851. The monoisotopic (exact) mass is 479 g/mol. The topological polar surface area (TPSA) is 124 Å². The Kier molecular flexibility index (Phi) is 5.10. The van der Waals surface area contributed by atoms with Gasteiger partial charge in [-0.3, -0.25) is 30.0 Å². The van der Waals surface area contributed by atoms with E-state index in [1.165, 1.54) is 16.7 Å². The van der Waals surface area contributed by atoms with Crippen LogP contribution in [0, 0.1) is 5.92 Å². The molecule has 1 fully saturated rings. The van der Waals surface area contributed by atoms with Gasteiger partial charge in [-0.2, -0.15) is 5.10 Å². The third kappa shape index (κ3) is 3.61. The van der Waals surface area contributed by atoms with Crippen molar-refractivity contribution in [2.24, 2.45) is 5.92 Å². The summed E-state index contributed by atoms with van der Waals surface area (Å²) in [6, 6.07) is 20.8. The quantitative estimate of drug-likeness (QED) is 0.343. The highest BCUT2D eigenvalue weighted by Crippen LogP contribution is 2.39. The molecule has 1 unspecified atom stereocenters. The number of carbonyl (C=O) groups excluding carboxylic acids is 3. The zero-order valence-corrected chi connectivity index (χ0v) is 19.1. The number of fused-ring (bicyclic) bond motifs is 4. The van der Waals surface area contributed by atoms with E-state index in [-0.39, 0.29) is 24.6 Å². The van der Waals surface area contributed by atoms with E-state index in [9.17, 15) is 19.2 Å². The molecule has 9 nitrogen and oxygen atoms in total. The molecular weight excluding hydrogens is 458 g/mol. The molecule has 6 rings (SSSR count). The summed E-state index contributed by atoms with van der Waals surface area (Å²) in [6.45, 7) is 0.214. The number of hydrogen-bond donors (Lipinski definition) is 3. The van der Waals surface area contributed by atoms with Crippen molar-refractivity contribution in [1.29, 1.82) is 0 Å². The molecule has 178 valence electrons. The van der Waals surface area contributed by atoms with Gasteiger partial charge in [0.15, 0.2) is 5.69 Å². The SMILES string of the molecule is O=C(NNC(=O)C1CC(=O)N(c2ccc3c(c2)Cc2ccccc2-3)C1)c1n[nH]c(=O)c2ccccc12. The Morgan fingerprint density at radius 1 is 0.889 bits per heavy atom. The predicted molar refractivity (Wildman–Crippen MR) is 133 cm³/mol. The van der Waals surface area contributed by atoms with Gasteiger partial charge in [-0.05, 0) is 46.9 Å². The number of aromatic amines is 1. The highest BCUT2D eigenvalue weighted by Gasteiger charge is 2.36. The van der Waals surface area contributed by atoms with Crippen molar-refractivity contribution < 1.29 is 14.4 Å². The molecule has 9 heteroatoms. The van der Waals surface area contributed by atoms with Crippen molar-refractivity contribution in [2.75, 3.05) is 11.4 Å². The van der Waals surface area contributed by atoms with Crippen molar-refractivity contribution >= 4 is 34.2 Å². The summed E-state index contributed by atoms with van der Waals surface area (Å²) in [5.41, 5.74) is 9.87. The van der Waals surface area contributed by atoms with Crippen molar-refractivity contribution in [1.82, 2.24) is 21.0 Å². The van der Waals surface area contributed by atoms with Crippen LogP contribution in [0.25, 0.3) is 21.9 Å². The van der Waals surface area contributed by atoms with E-state index in [1.807, 2.05) is 30.3 Å². The Hall–Kier alpha value is -4.79. The summed E-state index contributed by atoms with van der Waals surface area (Å²) in [4.78, 5) is 51.7. The highest BCUT2D eigenvalue weighted by atomic mass is 16.2. The first-order valence-corrected chi connectivity index (χ1v) is 11.6. The number of nitrogens with zero attached hydrogens (tertiary/aromatic N) is 2. The molecule has 1 saturated heterocycles. The fraction of sp³-hybridized carbons (Fsp3) is 0.148. The molecule has 4 aromatic rings. The normalized spacial score (nSPS) is 16.1. The molecule has 1 atom stereocenters. The smallest absolute Gasteiger partial charge is 0.290 e. The van der Waals surface area contributed by atoms with E-state index >= 15 is 0 Å². The largest absolute Gasteiger partial charge is 0.312 e. The molecule has 0 spiro atoms. The van der Waals surface area contributed by atoms with E-state index in [0.717, 1.165) is 17.7 Å². The van der Waals surface area contributed by atoms with E-state index in [2.05, 4.69) is 33.2 Å². The van der Waals surface area contributed by atoms with Gasteiger partial charge < -0.3 is 4.90 Å². The molecule has 3 N–H and O–H groups in total. The fourth-order valence-electron chi connectivity index (χ4n) is 5.00. The molecule has 3 aromatic carbocycles. The zero-order chi connectivity index (χ0) is 24.8. The molecule has 0 saturated carbocycles. The number of anilines is 1. The van der Waals surface area contributed by atoms with Crippen molar-refractivity contribution in [3.05, 3.63) is 93.9 Å². The van der Waals surface area contributed by atoms with Crippen molar-refractivity contribution in [3.8, 4) is 11.1 Å². The lowest BCUT2D eigenvalue weighted by Crippen LogP contribution is -2.45. The van der Waals surface area contributed by atoms with Gasteiger partial charge in [0, 0.05) is 24.0 Å². The number of H-pyrrole nitrogens is 1. The molecule has 2 heterocycles. The van der Waals surface area contributed by atoms with Gasteiger partial charge in [-0.1, -0.05) is 48.5 Å². The Bertz CT molecular complexity index is 1630. The molecule has 1 aliphatic heterocycles. The maximum atomic E-state index is 12.8. The number of aromatic nitrogens is 2. The summed E-state index contributed by atoms with van der Waals surface area (Å²) >= 11 is 0. The first-order chi connectivity index (χ1) is 17.5. The van der Waals surface area contributed by atoms with Crippen LogP contribution in [-0.2, 0) is 16.0 Å². The maximum absolute atomic E-state index is 12.8. The van der Waals surface area contributed by atoms with Crippen LogP contribution in [0.1, 0.15) is 28.0 Å². The van der Waals surface area contributed by atoms with Crippen molar-refractivity contribution in [2.45, 2.75) is 12.8 Å². The third-order valence-electron chi connectivity index (χ3n) is 6.80. The Balaban J connectivity index is 1.13. The standard InChI is InChI=1S/C27H21N5O4/c33-23-13-17(14-32(23)18-9-10-20-16(12-18)11-15-5-1-2-6-19(15)20)25(34)29-31-27(36)24-21-7-3-4-8-22(21)26(35)30-28-24/h1-10,12,17H,11,13-14H2,(H,29,34)(H,30,35)(H,31,36). The summed E-state index contributed by atoms with van der Waals surface area (Å²) < 4.78 is 0. The second kappa shape index (κ2) is 8.46. The van der Waals surface area contributed by atoms with Crippen molar-refractivity contribution in [3.63, 3.8) is 0 Å². The third-order valence-corrected chi connectivity index (χ3v) is 6.80. The van der Waals surface area contributed by atoms with Gasteiger partial charge in [0.25, 0.3) is 11.5 Å². The van der Waals surface area contributed by atoms with Crippen LogP contribution >= 0.6 is 0 Å². The maximum Gasteiger partial charge on any atom is 0.290 e. The number of nitrogens with one attached hydrogen (secondary N) is 3. The number of hydrazine groups is 1. The van der Waals surface area contributed by atoms with Crippen LogP contribution < -0.4 is 21.3 Å². The average molecular weight is 479 g/mol. The lowest BCUT2D eigenvalue weighted by molar-refractivity contribution is -0.126. The van der Waals surface area contributed by atoms with Gasteiger partial charge >= 0.3 is 0 Å². The fourth-order valence-corrected chi connectivity index (χ4v) is 5.00. The van der Waals surface area contributed by atoms with E-state index in [0.29, 0.717) is 10.8 Å². The molecule has 0 bridgehead atoms. The van der Waals surface area contributed by atoms with Gasteiger partial charge in [0.1, 0.15) is 0 Å². The second-order valence-corrected chi connectivity index (χ2v) is 8.97. The van der Waals surface area contributed by atoms with E-state index in [1.54, 1.807) is 29.2 Å². The molecule has 1 aromatic heterocycles. The minimum atomic E-state index is -0.671. The van der Waals surface area contributed by atoms with Crippen LogP contribution in [0.15, 0.2) is 71.5 Å². The summed E-state index contributed by atoms with van der Waals surface area (Å²) in [7, 11) is 0. The van der Waals surface area contributed by atoms with Gasteiger partial charge in [0.2, 0.25) is 11.8 Å². The number of carbonyl (C=O) groups is 3. The number of benzene rings is 3. The summed E-state index contributed by atoms with van der Waals surface area (Å²) in [5, 5.41) is 6.80. The molecule has 3 amide bonds. The highest BCUT2D eigenvalue weighted by molar-refractivity contribution is 6.06. The Morgan fingerprint density at radius 2 is 1.64 bits per heavy atom. The van der Waals surface area contributed by atoms with Crippen LogP contribution in [0.2, 0.25) is 0 Å². The number of hydrogen-bond acceptors (Lipinski definition) is 5. The molecule has 0 radical (unpaired) electrons. The lowest BCUT2D eigenvalue weighted by Gasteiger charge is -2.18. The molecule has 36 heavy (non-hydrogen) atoms. The molecule has 1 aliphatic carbocycles. The predicted octanol–water partition coefficient (Wildman–Crippen LogP) is 2.31.